The highest BCUT2D eigenvalue weighted by molar-refractivity contribution is 6.33. The fourth-order valence-corrected chi connectivity index (χ4v) is 5.84. The first-order valence-electron chi connectivity index (χ1n) is 13.0. The molecule has 1 amide bonds. The highest BCUT2D eigenvalue weighted by Gasteiger charge is 2.30. The van der Waals surface area contributed by atoms with E-state index in [2.05, 4.69) is 17.4 Å². The van der Waals surface area contributed by atoms with Gasteiger partial charge in [-0.3, -0.25) is 10.1 Å². The summed E-state index contributed by atoms with van der Waals surface area (Å²) >= 11 is 12.9. The molecular weight excluding hydrogens is 567 g/mol. The zero-order valence-corrected chi connectivity index (χ0v) is 24.2. The molecule has 4 aromatic rings. The number of hydrogen-bond acceptors (Lipinski definition) is 4. The quantitative estimate of drug-likeness (QED) is 0.226. The Bertz CT molecular complexity index is 1540. The lowest BCUT2D eigenvalue weighted by molar-refractivity contribution is -0.130. The molecule has 0 aliphatic carbocycles. The van der Waals surface area contributed by atoms with Crippen molar-refractivity contribution in [2.75, 3.05) is 13.2 Å². The van der Waals surface area contributed by atoms with Crippen LogP contribution >= 0.6 is 35.6 Å². The minimum atomic E-state index is -0.251. The fraction of sp³-hybridized carbons (Fsp3) is 0.219. The number of nitrogens with one attached hydrogen (secondary N) is 1. The molecule has 2 aliphatic rings. The first-order valence-corrected chi connectivity index (χ1v) is 13.8. The van der Waals surface area contributed by atoms with Crippen molar-refractivity contribution in [3.05, 3.63) is 106 Å². The standard InChI is InChI=1S/C32H28Cl2N2O3.ClH/c1-20(37)36(18-23-16-21-8-6-12-26(31(21)38-23)24-10-2-4-14-28(24)33)19-35-30-17-22-9-7-13-27(32(22)39-30)25-11-3-5-15-29(25)34;/h2-15,23,30,35H,16-19H2,1H3;1H. The van der Waals surface area contributed by atoms with Gasteiger partial charge in [0.2, 0.25) is 5.91 Å². The number of ether oxygens (including phenoxy) is 2. The summed E-state index contributed by atoms with van der Waals surface area (Å²) in [6.45, 7) is 2.39. The zero-order chi connectivity index (χ0) is 26.9. The van der Waals surface area contributed by atoms with E-state index in [9.17, 15) is 4.79 Å². The molecule has 5 nitrogen and oxygen atoms in total. The second kappa shape index (κ2) is 12.1. The summed E-state index contributed by atoms with van der Waals surface area (Å²) in [5.74, 6) is 1.65. The van der Waals surface area contributed by atoms with Crippen molar-refractivity contribution in [2.45, 2.75) is 32.1 Å². The van der Waals surface area contributed by atoms with Crippen molar-refractivity contribution in [1.29, 1.82) is 0 Å². The molecular formula is C32H29Cl3N2O3. The third-order valence-electron chi connectivity index (χ3n) is 7.30. The van der Waals surface area contributed by atoms with E-state index in [4.69, 9.17) is 32.7 Å². The Hall–Kier alpha value is -3.22. The van der Waals surface area contributed by atoms with Gasteiger partial charge in [-0.05, 0) is 23.3 Å². The van der Waals surface area contributed by atoms with Gasteiger partial charge in [-0.1, -0.05) is 96.0 Å². The number of benzene rings is 4. The van der Waals surface area contributed by atoms with Gasteiger partial charge in [0, 0.05) is 52.1 Å². The minimum Gasteiger partial charge on any atom is -0.487 e. The van der Waals surface area contributed by atoms with E-state index < -0.39 is 0 Å². The number of amides is 1. The Morgan fingerprint density at radius 3 is 1.88 bits per heavy atom. The van der Waals surface area contributed by atoms with Gasteiger partial charge in [-0.15, -0.1) is 12.4 Å². The zero-order valence-electron chi connectivity index (χ0n) is 21.9. The molecule has 8 heteroatoms. The minimum absolute atomic E-state index is 0. The van der Waals surface area contributed by atoms with E-state index >= 15 is 0 Å². The number of hydrogen-bond donors (Lipinski definition) is 1. The van der Waals surface area contributed by atoms with Crippen molar-refractivity contribution in [3.63, 3.8) is 0 Å². The Kier molecular flexibility index (Phi) is 8.57. The van der Waals surface area contributed by atoms with Crippen molar-refractivity contribution in [1.82, 2.24) is 10.2 Å². The van der Waals surface area contributed by atoms with Crippen LogP contribution in [0.5, 0.6) is 11.5 Å². The SMILES string of the molecule is CC(=O)N(CNC1Cc2cccc(-c3ccccc3Cl)c2O1)CC1Cc2cccc(-c3ccccc3Cl)c2O1.Cl. The molecule has 1 N–H and O–H groups in total. The molecule has 2 atom stereocenters. The van der Waals surface area contributed by atoms with Crippen molar-refractivity contribution >= 4 is 41.5 Å². The normalized spacial score (nSPS) is 16.8. The van der Waals surface area contributed by atoms with Crippen LogP contribution in [0.25, 0.3) is 22.3 Å². The van der Waals surface area contributed by atoms with E-state index in [0.717, 1.165) is 51.3 Å². The van der Waals surface area contributed by atoms with Crippen molar-refractivity contribution < 1.29 is 14.3 Å². The molecule has 40 heavy (non-hydrogen) atoms. The van der Waals surface area contributed by atoms with E-state index in [-0.39, 0.29) is 30.6 Å². The average Bonchev–Trinajstić information content (AvgIpc) is 3.55. The summed E-state index contributed by atoms with van der Waals surface area (Å²) in [6, 6.07) is 27.8. The number of rotatable bonds is 7. The van der Waals surface area contributed by atoms with Crippen LogP contribution in [0, 0.1) is 0 Å². The number of fused-ring (bicyclic) bond motifs is 2. The highest BCUT2D eigenvalue weighted by Crippen LogP contribution is 2.42. The smallest absolute Gasteiger partial charge is 0.220 e. The van der Waals surface area contributed by atoms with Crippen LogP contribution in [0.15, 0.2) is 84.9 Å². The first-order chi connectivity index (χ1) is 19.0. The predicted octanol–water partition coefficient (Wildman–Crippen LogP) is 7.41. The lowest BCUT2D eigenvalue weighted by Gasteiger charge is -2.26. The van der Waals surface area contributed by atoms with Crippen LogP contribution in [0.3, 0.4) is 0 Å². The number of halogens is 3. The fourth-order valence-electron chi connectivity index (χ4n) is 5.37. The largest absolute Gasteiger partial charge is 0.487 e. The van der Waals surface area contributed by atoms with Gasteiger partial charge in [0.1, 0.15) is 17.6 Å². The monoisotopic (exact) mass is 594 g/mol. The molecule has 206 valence electrons. The Morgan fingerprint density at radius 1 is 0.775 bits per heavy atom. The second-order valence-corrected chi connectivity index (χ2v) is 10.7. The van der Waals surface area contributed by atoms with Gasteiger partial charge in [0.25, 0.3) is 0 Å². The van der Waals surface area contributed by atoms with Crippen LogP contribution in [-0.2, 0) is 17.6 Å². The molecule has 0 radical (unpaired) electrons. The van der Waals surface area contributed by atoms with Crippen LogP contribution < -0.4 is 14.8 Å². The number of nitrogens with zero attached hydrogens (tertiary/aromatic N) is 1. The summed E-state index contributed by atoms with van der Waals surface area (Å²) in [5, 5.41) is 4.79. The molecule has 6 rings (SSSR count). The second-order valence-electron chi connectivity index (χ2n) is 9.91. The summed E-state index contributed by atoms with van der Waals surface area (Å²) in [7, 11) is 0. The third kappa shape index (κ3) is 5.65. The molecule has 0 aromatic heterocycles. The Balaban J connectivity index is 0.00000323. The van der Waals surface area contributed by atoms with Gasteiger partial charge in [0.15, 0.2) is 6.23 Å². The molecule has 2 unspecified atom stereocenters. The Labute approximate surface area is 250 Å². The van der Waals surface area contributed by atoms with Gasteiger partial charge in [-0.25, -0.2) is 0 Å². The molecule has 0 bridgehead atoms. The van der Waals surface area contributed by atoms with Gasteiger partial charge >= 0.3 is 0 Å². The molecule has 0 fully saturated rings. The van der Waals surface area contributed by atoms with Crippen molar-refractivity contribution in [2.24, 2.45) is 0 Å². The number of carbonyl (C=O) groups excluding carboxylic acids is 1. The third-order valence-corrected chi connectivity index (χ3v) is 7.96. The lowest BCUT2D eigenvalue weighted by Crippen LogP contribution is -2.47. The van der Waals surface area contributed by atoms with Crippen LogP contribution in [0.1, 0.15) is 18.1 Å². The van der Waals surface area contributed by atoms with E-state index in [1.807, 2.05) is 72.8 Å². The first kappa shape index (κ1) is 28.3. The van der Waals surface area contributed by atoms with Gasteiger partial charge in [-0.2, -0.15) is 0 Å². The maximum Gasteiger partial charge on any atom is 0.220 e. The molecule has 2 aliphatic heterocycles. The van der Waals surface area contributed by atoms with Crippen LogP contribution in [0.4, 0.5) is 0 Å². The van der Waals surface area contributed by atoms with E-state index in [1.165, 1.54) is 0 Å². The maximum atomic E-state index is 12.6. The van der Waals surface area contributed by atoms with E-state index in [0.29, 0.717) is 29.7 Å². The summed E-state index contributed by atoms with van der Waals surface area (Å²) in [6.07, 6.45) is 1.03. The van der Waals surface area contributed by atoms with Crippen molar-refractivity contribution in [3.8, 4) is 33.8 Å². The molecule has 2 heterocycles. The summed E-state index contributed by atoms with van der Waals surface area (Å²) in [4.78, 5) is 14.4. The maximum absolute atomic E-state index is 12.6. The summed E-state index contributed by atoms with van der Waals surface area (Å²) in [5.41, 5.74) is 6.06. The lowest BCUT2D eigenvalue weighted by atomic mass is 10.0. The van der Waals surface area contributed by atoms with Crippen LogP contribution in [0.2, 0.25) is 10.0 Å². The average molecular weight is 596 g/mol. The molecule has 0 saturated carbocycles. The molecule has 0 spiro atoms. The number of carbonyl (C=O) groups is 1. The van der Waals surface area contributed by atoms with Gasteiger partial charge < -0.3 is 14.4 Å². The Morgan fingerprint density at radius 2 is 1.30 bits per heavy atom. The summed E-state index contributed by atoms with van der Waals surface area (Å²) < 4.78 is 12.7. The predicted molar refractivity (Wildman–Crippen MR) is 163 cm³/mol. The topological polar surface area (TPSA) is 50.8 Å². The molecule has 4 aromatic carbocycles. The number of para-hydroxylation sites is 2. The van der Waals surface area contributed by atoms with Crippen LogP contribution in [-0.4, -0.2) is 36.4 Å². The van der Waals surface area contributed by atoms with E-state index in [1.54, 1.807) is 11.8 Å². The molecule has 0 saturated heterocycles. The van der Waals surface area contributed by atoms with Gasteiger partial charge in [0.05, 0.1) is 13.2 Å². The highest BCUT2D eigenvalue weighted by atomic mass is 35.5.